The van der Waals surface area contributed by atoms with Crippen LogP contribution < -0.4 is 10.6 Å². The molecule has 0 aliphatic rings. The zero-order valence-electron chi connectivity index (χ0n) is 11.8. The van der Waals surface area contributed by atoms with Crippen molar-refractivity contribution >= 4 is 23.4 Å². The van der Waals surface area contributed by atoms with E-state index in [0.717, 1.165) is 25.1 Å². The molecule has 0 unspecified atom stereocenters. The first kappa shape index (κ1) is 14.8. The zero-order valence-corrected chi connectivity index (χ0v) is 11.8. The molecule has 0 saturated carbocycles. The first-order valence-electron chi connectivity index (χ1n) is 6.87. The van der Waals surface area contributed by atoms with Gasteiger partial charge in [0, 0.05) is 18.4 Å². The molecule has 6 heteroatoms. The quantitative estimate of drug-likeness (QED) is 0.678. The summed E-state index contributed by atoms with van der Waals surface area (Å²) in [4.78, 5) is 19.5. The number of hydrogen-bond acceptors (Lipinski definition) is 5. The first-order valence-corrected chi connectivity index (χ1v) is 6.87. The average molecular weight is 286 g/mol. The minimum atomic E-state index is -1.06. The van der Waals surface area contributed by atoms with Gasteiger partial charge in [0.05, 0.1) is 0 Å². The molecule has 21 heavy (non-hydrogen) atoms. The van der Waals surface area contributed by atoms with Crippen LogP contribution in [0.5, 0.6) is 0 Å². The van der Waals surface area contributed by atoms with Crippen molar-refractivity contribution in [3.8, 4) is 0 Å². The smallest absolute Gasteiger partial charge is 0.341 e. The van der Waals surface area contributed by atoms with Crippen LogP contribution in [-0.2, 0) is 0 Å². The zero-order chi connectivity index (χ0) is 15.1. The summed E-state index contributed by atoms with van der Waals surface area (Å²) in [5.74, 6) is -0.358. The van der Waals surface area contributed by atoms with Gasteiger partial charge in [-0.3, -0.25) is 0 Å². The summed E-state index contributed by atoms with van der Waals surface area (Å²) in [7, 11) is 0. The van der Waals surface area contributed by atoms with Gasteiger partial charge in [0.1, 0.15) is 5.56 Å². The monoisotopic (exact) mass is 286 g/mol. The second-order valence-corrected chi connectivity index (χ2v) is 4.53. The number of anilines is 3. The van der Waals surface area contributed by atoms with Gasteiger partial charge in [-0.05, 0) is 18.6 Å². The Morgan fingerprint density at radius 2 is 2.05 bits per heavy atom. The van der Waals surface area contributed by atoms with Crippen molar-refractivity contribution in [1.29, 1.82) is 0 Å². The molecule has 0 aliphatic heterocycles. The Balaban J connectivity index is 2.22. The molecule has 2 rings (SSSR count). The molecule has 2 aromatic rings. The molecule has 0 saturated heterocycles. The fraction of sp³-hybridized carbons (Fsp3) is 0.267. The lowest BCUT2D eigenvalue weighted by Crippen LogP contribution is -2.10. The van der Waals surface area contributed by atoms with Gasteiger partial charge in [-0.1, -0.05) is 31.5 Å². The third-order valence-corrected chi connectivity index (χ3v) is 2.87. The molecule has 0 aliphatic carbocycles. The van der Waals surface area contributed by atoms with E-state index >= 15 is 0 Å². The number of rotatable bonds is 7. The van der Waals surface area contributed by atoms with Gasteiger partial charge in [0.25, 0.3) is 0 Å². The van der Waals surface area contributed by atoms with Gasteiger partial charge in [0.15, 0.2) is 5.82 Å². The second-order valence-electron chi connectivity index (χ2n) is 4.53. The van der Waals surface area contributed by atoms with Gasteiger partial charge in [-0.15, -0.1) is 0 Å². The Hall–Kier alpha value is -2.63. The van der Waals surface area contributed by atoms with Crippen LogP contribution in [0, 0.1) is 0 Å². The van der Waals surface area contributed by atoms with Crippen LogP contribution >= 0.6 is 0 Å². The average Bonchev–Trinajstić information content (AvgIpc) is 2.48. The number of hydrogen-bond donors (Lipinski definition) is 3. The maximum absolute atomic E-state index is 11.2. The molecule has 1 aromatic heterocycles. The number of benzene rings is 1. The standard InChI is InChI=1S/C15H18N4O2/c1-2-3-9-16-15-17-10-12(14(20)21)13(19-15)18-11-7-5-4-6-8-11/h4-8,10H,2-3,9H2,1H3,(H,20,21)(H2,16,17,18,19). The number of carboxylic acid groups (broad SMARTS) is 1. The van der Waals surface area contributed by atoms with Crippen LogP contribution in [0.15, 0.2) is 36.5 Å². The van der Waals surface area contributed by atoms with Gasteiger partial charge in [0.2, 0.25) is 5.95 Å². The molecule has 0 spiro atoms. The lowest BCUT2D eigenvalue weighted by molar-refractivity contribution is 0.0697. The van der Waals surface area contributed by atoms with Gasteiger partial charge in [-0.25, -0.2) is 9.78 Å². The predicted molar refractivity (Wildman–Crippen MR) is 82.1 cm³/mol. The van der Waals surface area contributed by atoms with E-state index in [1.54, 1.807) is 0 Å². The molecule has 0 amide bonds. The summed E-state index contributed by atoms with van der Waals surface area (Å²) in [6, 6.07) is 9.31. The molecular weight excluding hydrogens is 268 g/mol. The Morgan fingerprint density at radius 1 is 1.29 bits per heavy atom. The van der Waals surface area contributed by atoms with Crippen molar-refractivity contribution in [2.75, 3.05) is 17.2 Å². The normalized spacial score (nSPS) is 10.1. The molecule has 0 atom stereocenters. The Kier molecular flexibility index (Phi) is 5.09. The molecule has 0 bridgehead atoms. The topological polar surface area (TPSA) is 87.1 Å². The molecule has 6 nitrogen and oxygen atoms in total. The molecule has 0 fully saturated rings. The van der Waals surface area contributed by atoms with Crippen LogP contribution in [0.25, 0.3) is 0 Å². The molecule has 110 valence electrons. The number of carbonyl (C=O) groups is 1. The van der Waals surface area contributed by atoms with E-state index < -0.39 is 5.97 Å². The largest absolute Gasteiger partial charge is 0.477 e. The highest BCUT2D eigenvalue weighted by Gasteiger charge is 2.13. The molecule has 0 radical (unpaired) electrons. The van der Waals surface area contributed by atoms with Crippen molar-refractivity contribution in [3.63, 3.8) is 0 Å². The van der Waals surface area contributed by atoms with Gasteiger partial charge >= 0.3 is 5.97 Å². The summed E-state index contributed by atoms with van der Waals surface area (Å²) >= 11 is 0. The van der Waals surface area contributed by atoms with Crippen LogP contribution in [0.3, 0.4) is 0 Å². The molecule has 3 N–H and O–H groups in total. The van der Waals surface area contributed by atoms with E-state index in [1.165, 1.54) is 6.20 Å². The first-order chi connectivity index (χ1) is 10.2. The third-order valence-electron chi connectivity index (χ3n) is 2.87. The minimum Gasteiger partial charge on any atom is -0.477 e. The van der Waals surface area contributed by atoms with Crippen molar-refractivity contribution in [2.24, 2.45) is 0 Å². The highest BCUT2D eigenvalue weighted by atomic mass is 16.4. The fourth-order valence-corrected chi connectivity index (χ4v) is 1.75. The van der Waals surface area contributed by atoms with E-state index in [-0.39, 0.29) is 11.4 Å². The van der Waals surface area contributed by atoms with Crippen LogP contribution in [0.1, 0.15) is 30.1 Å². The Bertz CT molecular complexity index is 602. The molecular formula is C15H18N4O2. The lowest BCUT2D eigenvalue weighted by atomic mass is 10.2. The van der Waals surface area contributed by atoms with Gasteiger partial charge in [-0.2, -0.15) is 4.98 Å². The van der Waals surface area contributed by atoms with E-state index in [0.29, 0.717) is 5.95 Å². The SMILES string of the molecule is CCCCNc1ncc(C(=O)O)c(Nc2ccccc2)n1. The van der Waals surface area contributed by atoms with E-state index in [2.05, 4.69) is 27.5 Å². The lowest BCUT2D eigenvalue weighted by Gasteiger charge is -2.10. The number of aromatic nitrogens is 2. The highest BCUT2D eigenvalue weighted by molar-refractivity contribution is 5.93. The van der Waals surface area contributed by atoms with Crippen molar-refractivity contribution in [2.45, 2.75) is 19.8 Å². The Labute approximate surface area is 123 Å². The number of nitrogens with one attached hydrogen (secondary N) is 2. The summed E-state index contributed by atoms with van der Waals surface area (Å²) in [6.07, 6.45) is 3.38. The number of nitrogens with zero attached hydrogens (tertiary/aromatic N) is 2. The summed E-state index contributed by atoms with van der Waals surface area (Å²) in [5, 5.41) is 15.3. The Morgan fingerprint density at radius 3 is 2.71 bits per heavy atom. The van der Waals surface area contributed by atoms with Crippen LogP contribution in [0.4, 0.5) is 17.5 Å². The predicted octanol–water partition coefficient (Wildman–Crippen LogP) is 3.13. The second kappa shape index (κ2) is 7.23. The minimum absolute atomic E-state index is 0.0416. The summed E-state index contributed by atoms with van der Waals surface area (Å²) < 4.78 is 0. The van der Waals surface area contributed by atoms with E-state index in [4.69, 9.17) is 0 Å². The summed E-state index contributed by atoms with van der Waals surface area (Å²) in [5.41, 5.74) is 0.818. The molecule has 1 heterocycles. The number of aromatic carboxylic acids is 1. The molecule has 1 aromatic carbocycles. The van der Waals surface area contributed by atoms with Gasteiger partial charge < -0.3 is 15.7 Å². The van der Waals surface area contributed by atoms with Crippen molar-refractivity contribution in [3.05, 3.63) is 42.1 Å². The fourth-order valence-electron chi connectivity index (χ4n) is 1.75. The van der Waals surface area contributed by atoms with Crippen LogP contribution in [0.2, 0.25) is 0 Å². The number of para-hydroxylation sites is 1. The highest BCUT2D eigenvalue weighted by Crippen LogP contribution is 2.19. The maximum Gasteiger partial charge on any atom is 0.341 e. The van der Waals surface area contributed by atoms with E-state index in [9.17, 15) is 9.90 Å². The third kappa shape index (κ3) is 4.17. The summed E-state index contributed by atoms with van der Waals surface area (Å²) in [6.45, 7) is 2.85. The van der Waals surface area contributed by atoms with E-state index in [1.807, 2.05) is 30.3 Å². The van der Waals surface area contributed by atoms with Crippen molar-refractivity contribution < 1.29 is 9.90 Å². The van der Waals surface area contributed by atoms with Crippen molar-refractivity contribution in [1.82, 2.24) is 9.97 Å². The number of unbranched alkanes of at least 4 members (excludes halogenated alkanes) is 1. The van der Waals surface area contributed by atoms with Crippen LogP contribution in [-0.4, -0.2) is 27.6 Å². The number of carboxylic acids is 1. The maximum atomic E-state index is 11.2.